The van der Waals surface area contributed by atoms with Crippen LogP contribution in [0.4, 0.5) is 5.82 Å². The topological polar surface area (TPSA) is 124 Å². The van der Waals surface area contributed by atoms with Crippen LogP contribution in [0, 0.1) is 0 Å². The van der Waals surface area contributed by atoms with Gasteiger partial charge >= 0.3 is 0 Å². The zero-order valence-corrected chi connectivity index (χ0v) is 20.0. The molecule has 0 saturated carbocycles. The normalized spacial score (nSPS) is 18.4. The number of hydrogen-bond donors (Lipinski definition) is 2. The Hall–Kier alpha value is -3.30. The molecule has 4 rings (SSSR count). The molecule has 178 valence electrons. The second kappa shape index (κ2) is 9.90. The Balaban J connectivity index is 1.46. The van der Waals surface area contributed by atoms with Crippen molar-refractivity contribution in [3.63, 3.8) is 0 Å². The quantitative estimate of drug-likeness (QED) is 0.554. The van der Waals surface area contributed by atoms with Crippen molar-refractivity contribution in [3.8, 4) is 11.3 Å². The average Bonchev–Trinajstić information content (AvgIpc) is 2.82. The largest absolute Gasteiger partial charge is 0.382 e. The number of anilines is 1. The van der Waals surface area contributed by atoms with Crippen molar-refractivity contribution in [2.75, 3.05) is 18.6 Å². The zero-order valence-electron chi connectivity index (χ0n) is 19.2. The molecule has 0 bridgehead atoms. The molecule has 9 heteroatoms. The number of carbonyl (C=O) groups excluding carboxylic acids is 1. The number of amides is 1. The average molecular weight is 481 g/mol. The molecule has 3 N–H and O–H groups in total. The number of aromatic nitrogens is 2. The summed E-state index contributed by atoms with van der Waals surface area (Å²) >= 11 is 0. The van der Waals surface area contributed by atoms with Crippen LogP contribution in [0.1, 0.15) is 47.3 Å². The van der Waals surface area contributed by atoms with E-state index in [-0.39, 0.29) is 29.4 Å². The van der Waals surface area contributed by atoms with Crippen molar-refractivity contribution in [2.24, 2.45) is 0 Å². The van der Waals surface area contributed by atoms with Gasteiger partial charge in [-0.3, -0.25) is 4.79 Å². The summed E-state index contributed by atoms with van der Waals surface area (Å²) in [7, 11) is -3.30. The maximum absolute atomic E-state index is 12.6. The smallest absolute Gasteiger partial charge is 0.251 e. The second-order valence-corrected chi connectivity index (χ2v) is 10.6. The summed E-state index contributed by atoms with van der Waals surface area (Å²) in [4.78, 5) is 22.0. The molecule has 1 aliphatic heterocycles. The van der Waals surface area contributed by atoms with Gasteiger partial charge in [0, 0.05) is 36.5 Å². The van der Waals surface area contributed by atoms with Crippen LogP contribution in [0.2, 0.25) is 0 Å². The van der Waals surface area contributed by atoms with E-state index in [2.05, 4.69) is 17.2 Å². The Morgan fingerprint density at radius 3 is 2.68 bits per heavy atom. The van der Waals surface area contributed by atoms with Crippen molar-refractivity contribution in [2.45, 2.75) is 43.2 Å². The van der Waals surface area contributed by atoms with E-state index in [4.69, 9.17) is 15.5 Å². The number of nitrogens with two attached hydrogens (primary N) is 1. The fourth-order valence-corrected chi connectivity index (χ4v) is 4.73. The van der Waals surface area contributed by atoms with Crippen molar-refractivity contribution >= 4 is 21.6 Å². The number of carbonyl (C=O) groups is 1. The number of nitrogens with zero attached hydrogens (tertiary/aromatic N) is 2. The molecule has 0 aliphatic carbocycles. The SMILES string of the molecule is C[C@H]1C[C@@H](c2cnc(N)c(-c3ccc(C(=O)NCc4cccc(S(C)(=O)=O)c4)cc3)n2)CCO1. The minimum absolute atomic E-state index is 0.188. The van der Waals surface area contributed by atoms with Gasteiger partial charge in [-0.1, -0.05) is 24.3 Å². The van der Waals surface area contributed by atoms with Gasteiger partial charge in [0.2, 0.25) is 0 Å². The molecule has 1 amide bonds. The number of nitrogen functional groups attached to an aromatic ring is 1. The van der Waals surface area contributed by atoms with Crippen LogP contribution in [0.15, 0.2) is 59.6 Å². The molecular formula is C25H28N4O4S. The second-order valence-electron chi connectivity index (χ2n) is 8.61. The van der Waals surface area contributed by atoms with Crippen molar-refractivity contribution in [3.05, 3.63) is 71.5 Å². The van der Waals surface area contributed by atoms with Crippen LogP contribution in [-0.4, -0.2) is 43.3 Å². The van der Waals surface area contributed by atoms with Crippen molar-refractivity contribution < 1.29 is 17.9 Å². The predicted octanol–water partition coefficient (Wildman–Crippen LogP) is 3.34. The summed E-state index contributed by atoms with van der Waals surface area (Å²) < 4.78 is 29.1. The van der Waals surface area contributed by atoms with E-state index in [1.165, 1.54) is 6.07 Å². The van der Waals surface area contributed by atoms with E-state index in [1.54, 1.807) is 48.7 Å². The Bertz CT molecular complexity index is 1290. The molecule has 3 aromatic rings. The van der Waals surface area contributed by atoms with E-state index >= 15 is 0 Å². The highest BCUT2D eigenvalue weighted by atomic mass is 32.2. The molecule has 0 radical (unpaired) electrons. The number of ether oxygens (including phenoxy) is 1. The van der Waals surface area contributed by atoms with Gasteiger partial charge in [0.15, 0.2) is 9.84 Å². The first-order chi connectivity index (χ1) is 16.2. The molecule has 2 aromatic carbocycles. The van der Waals surface area contributed by atoms with Gasteiger partial charge in [0.1, 0.15) is 11.5 Å². The van der Waals surface area contributed by atoms with E-state index in [1.807, 2.05) is 0 Å². The molecule has 0 unspecified atom stereocenters. The summed E-state index contributed by atoms with van der Waals surface area (Å²) in [5, 5.41) is 2.82. The molecule has 0 spiro atoms. The Morgan fingerprint density at radius 1 is 1.21 bits per heavy atom. The summed E-state index contributed by atoms with van der Waals surface area (Å²) in [6.07, 6.45) is 4.87. The van der Waals surface area contributed by atoms with Gasteiger partial charge in [0.25, 0.3) is 5.91 Å². The highest BCUT2D eigenvalue weighted by Crippen LogP contribution is 2.31. The minimum Gasteiger partial charge on any atom is -0.382 e. The number of rotatable bonds is 6. The van der Waals surface area contributed by atoms with Gasteiger partial charge in [-0.05, 0) is 49.6 Å². The van der Waals surface area contributed by atoms with Gasteiger partial charge in [-0.2, -0.15) is 0 Å². The van der Waals surface area contributed by atoms with Crippen LogP contribution in [0.5, 0.6) is 0 Å². The van der Waals surface area contributed by atoms with Gasteiger partial charge in [-0.15, -0.1) is 0 Å². The Kier molecular flexibility index (Phi) is 6.95. The van der Waals surface area contributed by atoms with Crippen LogP contribution in [-0.2, 0) is 21.1 Å². The molecule has 2 atom stereocenters. The summed E-state index contributed by atoms with van der Waals surface area (Å²) in [5.41, 5.74) is 9.57. The summed E-state index contributed by atoms with van der Waals surface area (Å²) in [6, 6.07) is 13.5. The first-order valence-corrected chi connectivity index (χ1v) is 13.0. The number of benzene rings is 2. The van der Waals surface area contributed by atoms with E-state index in [0.29, 0.717) is 29.2 Å². The predicted molar refractivity (Wildman–Crippen MR) is 130 cm³/mol. The third kappa shape index (κ3) is 5.60. The minimum atomic E-state index is -3.30. The molecular weight excluding hydrogens is 452 g/mol. The molecule has 1 saturated heterocycles. The molecule has 8 nitrogen and oxygen atoms in total. The van der Waals surface area contributed by atoms with E-state index in [0.717, 1.165) is 30.4 Å². The third-order valence-electron chi connectivity index (χ3n) is 5.92. The highest BCUT2D eigenvalue weighted by molar-refractivity contribution is 7.90. The fraction of sp³-hybridized carbons (Fsp3) is 0.320. The summed E-state index contributed by atoms with van der Waals surface area (Å²) in [5.74, 6) is 0.356. The number of hydrogen-bond acceptors (Lipinski definition) is 7. The van der Waals surface area contributed by atoms with E-state index < -0.39 is 9.84 Å². The van der Waals surface area contributed by atoms with Crippen LogP contribution in [0.3, 0.4) is 0 Å². The van der Waals surface area contributed by atoms with Gasteiger partial charge in [0.05, 0.1) is 22.9 Å². The summed E-state index contributed by atoms with van der Waals surface area (Å²) in [6.45, 7) is 2.98. The monoisotopic (exact) mass is 480 g/mol. The fourth-order valence-electron chi connectivity index (χ4n) is 4.04. The lowest BCUT2D eigenvalue weighted by atomic mass is 9.93. The Labute approximate surface area is 199 Å². The lowest BCUT2D eigenvalue weighted by Gasteiger charge is -2.27. The Morgan fingerprint density at radius 2 is 1.97 bits per heavy atom. The van der Waals surface area contributed by atoms with Gasteiger partial charge < -0.3 is 15.8 Å². The molecule has 2 heterocycles. The number of sulfone groups is 1. The first-order valence-electron chi connectivity index (χ1n) is 11.1. The number of nitrogens with one attached hydrogen (secondary N) is 1. The van der Waals surface area contributed by atoms with E-state index in [9.17, 15) is 13.2 Å². The standard InChI is InChI=1S/C25H28N4O4S/c1-16-12-20(10-11-33-16)22-15-27-24(26)23(29-22)18-6-8-19(9-7-18)25(30)28-14-17-4-3-5-21(13-17)34(2,31)32/h3-9,13,15-16,20H,10-12,14H2,1-2H3,(H2,26,27)(H,28,30)/t16-,20-/m0/s1. The zero-order chi connectivity index (χ0) is 24.3. The molecule has 1 aliphatic rings. The van der Waals surface area contributed by atoms with Crippen LogP contribution < -0.4 is 11.1 Å². The first kappa shape index (κ1) is 23.8. The molecule has 34 heavy (non-hydrogen) atoms. The maximum Gasteiger partial charge on any atom is 0.251 e. The maximum atomic E-state index is 12.6. The highest BCUT2D eigenvalue weighted by Gasteiger charge is 2.23. The van der Waals surface area contributed by atoms with Gasteiger partial charge in [-0.25, -0.2) is 18.4 Å². The van der Waals surface area contributed by atoms with Crippen molar-refractivity contribution in [1.82, 2.24) is 15.3 Å². The van der Waals surface area contributed by atoms with Crippen LogP contribution >= 0.6 is 0 Å². The third-order valence-corrected chi connectivity index (χ3v) is 7.03. The lowest BCUT2D eigenvalue weighted by molar-refractivity contribution is 0.0179. The van der Waals surface area contributed by atoms with Crippen LogP contribution in [0.25, 0.3) is 11.3 Å². The molecule has 1 fully saturated rings. The van der Waals surface area contributed by atoms with Crippen molar-refractivity contribution in [1.29, 1.82) is 0 Å². The lowest BCUT2D eigenvalue weighted by Crippen LogP contribution is -2.23. The molecule has 1 aromatic heterocycles.